The quantitative estimate of drug-likeness (QED) is 0.719. The lowest BCUT2D eigenvalue weighted by molar-refractivity contribution is -0.0334. The molecular formula is C16H17N3O2S2. The van der Waals surface area contributed by atoms with Gasteiger partial charge in [0.1, 0.15) is 17.4 Å². The number of aryl methyl sites for hydroxylation is 1. The first-order valence-electron chi connectivity index (χ1n) is 7.52. The van der Waals surface area contributed by atoms with Crippen LogP contribution in [0.5, 0.6) is 0 Å². The van der Waals surface area contributed by atoms with Crippen LogP contribution in [-0.2, 0) is 11.3 Å². The second kappa shape index (κ2) is 6.52. The normalized spacial score (nSPS) is 19.3. The molecule has 1 fully saturated rings. The maximum Gasteiger partial charge on any atom is 0.236 e. The summed E-state index contributed by atoms with van der Waals surface area (Å²) in [6.07, 6.45) is 1.82. The smallest absolute Gasteiger partial charge is 0.236 e. The van der Waals surface area contributed by atoms with E-state index in [1.165, 1.54) is 0 Å². The molecule has 0 bridgehead atoms. The Bertz CT molecular complexity index is 766. The van der Waals surface area contributed by atoms with Gasteiger partial charge in [-0.3, -0.25) is 4.90 Å². The molecule has 7 heteroatoms. The van der Waals surface area contributed by atoms with E-state index in [-0.39, 0.29) is 6.10 Å². The van der Waals surface area contributed by atoms with E-state index < -0.39 is 0 Å². The minimum atomic E-state index is 0.0612. The van der Waals surface area contributed by atoms with E-state index in [0.717, 1.165) is 47.5 Å². The Labute approximate surface area is 142 Å². The number of ether oxygens (including phenoxy) is 1. The third kappa shape index (κ3) is 3.37. The number of hydrogen-bond acceptors (Lipinski definition) is 7. The van der Waals surface area contributed by atoms with Crippen molar-refractivity contribution in [1.29, 1.82) is 0 Å². The van der Waals surface area contributed by atoms with E-state index >= 15 is 0 Å². The zero-order chi connectivity index (χ0) is 15.6. The van der Waals surface area contributed by atoms with Gasteiger partial charge in [0.25, 0.3) is 0 Å². The Morgan fingerprint density at radius 1 is 1.35 bits per heavy atom. The first kappa shape index (κ1) is 15.0. The second-order valence-electron chi connectivity index (χ2n) is 5.54. The topological polar surface area (TPSA) is 51.4 Å². The van der Waals surface area contributed by atoms with Crippen LogP contribution in [0.3, 0.4) is 0 Å². The number of rotatable bonds is 4. The summed E-state index contributed by atoms with van der Waals surface area (Å²) in [6.45, 7) is 5.26. The zero-order valence-electron chi connectivity index (χ0n) is 12.8. The van der Waals surface area contributed by atoms with Gasteiger partial charge >= 0.3 is 0 Å². The molecule has 0 aliphatic carbocycles. The second-order valence-corrected chi connectivity index (χ2v) is 7.38. The highest BCUT2D eigenvalue weighted by Gasteiger charge is 2.25. The Balaban J connectivity index is 1.42. The predicted octanol–water partition coefficient (Wildman–Crippen LogP) is 3.74. The van der Waals surface area contributed by atoms with Crippen molar-refractivity contribution < 1.29 is 9.15 Å². The lowest BCUT2D eigenvalue weighted by atomic mass is 10.2. The number of oxazole rings is 1. The summed E-state index contributed by atoms with van der Waals surface area (Å²) in [5.74, 6) is 0.704. The average molecular weight is 347 g/mol. The standard InChI is InChI=1S/C16H17N3O2S2/c1-11-10-23-16(17-11)13-8-19(4-5-20-13)7-12-9-21-15(18-12)14-3-2-6-22-14/h2-3,6,9-10,13H,4-5,7-8H2,1H3/t13-/m1/s1. The third-order valence-electron chi connectivity index (χ3n) is 3.73. The largest absolute Gasteiger partial charge is 0.444 e. The summed E-state index contributed by atoms with van der Waals surface area (Å²) < 4.78 is 11.5. The average Bonchev–Trinajstić information content (AvgIpc) is 3.28. The van der Waals surface area contributed by atoms with Crippen LogP contribution in [0.2, 0.25) is 0 Å². The van der Waals surface area contributed by atoms with Crippen molar-refractivity contribution in [2.75, 3.05) is 19.7 Å². The number of morpholine rings is 1. The van der Waals surface area contributed by atoms with Crippen LogP contribution in [0.15, 0.2) is 33.6 Å². The molecular weight excluding hydrogens is 330 g/mol. The molecule has 23 heavy (non-hydrogen) atoms. The summed E-state index contributed by atoms with van der Waals surface area (Å²) in [6, 6.07) is 4.03. The lowest BCUT2D eigenvalue weighted by Crippen LogP contribution is -2.37. The van der Waals surface area contributed by atoms with Gasteiger partial charge in [0.2, 0.25) is 5.89 Å². The third-order valence-corrected chi connectivity index (χ3v) is 5.64. The molecule has 1 atom stereocenters. The van der Waals surface area contributed by atoms with Crippen molar-refractivity contribution in [2.45, 2.75) is 19.6 Å². The van der Waals surface area contributed by atoms with E-state index in [1.807, 2.05) is 24.4 Å². The molecule has 3 aromatic rings. The molecule has 5 nitrogen and oxygen atoms in total. The fourth-order valence-corrected chi connectivity index (χ4v) is 4.13. The molecule has 0 saturated carbocycles. The Kier molecular flexibility index (Phi) is 4.26. The molecule has 0 spiro atoms. The van der Waals surface area contributed by atoms with Crippen LogP contribution >= 0.6 is 22.7 Å². The van der Waals surface area contributed by atoms with Crippen LogP contribution in [0.1, 0.15) is 22.5 Å². The highest BCUT2D eigenvalue weighted by molar-refractivity contribution is 7.13. The molecule has 4 rings (SSSR count). The van der Waals surface area contributed by atoms with E-state index in [0.29, 0.717) is 5.89 Å². The van der Waals surface area contributed by atoms with Gasteiger partial charge in [-0.15, -0.1) is 22.7 Å². The van der Waals surface area contributed by atoms with Gasteiger partial charge in [-0.25, -0.2) is 9.97 Å². The first-order valence-corrected chi connectivity index (χ1v) is 9.28. The molecule has 0 radical (unpaired) electrons. The molecule has 0 aromatic carbocycles. The molecule has 0 amide bonds. The monoisotopic (exact) mass is 347 g/mol. The van der Waals surface area contributed by atoms with Crippen LogP contribution in [0.4, 0.5) is 0 Å². The highest BCUT2D eigenvalue weighted by Crippen LogP contribution is 2.27. The van der Waals surface area contributed by atoms with Crippen LogP contribution in [0, 0.1) is 6.92 Å². The Hall–Kier alpha value is -1.54. The fraction of sp³-hybridized carbons (Fsp3) is 0.375. The maximum atomic E-state index is 5.87. The number of hydrogen-bond donors (Lipinski definition) is 0. The molecule has 120 valence electrons. The molecule has 1 aliphatic rings. The number of thiophene rings is 1. The molecule has 3 aromatic heterocycles. The molecule has 4 heterocycles. The van der Waals surface area contributed by atoms with Gasteiger partial charge in [-0.2, -0.15) is 0 Å². The summed E-state index contributed by atoms with van der Waals surface area (Å²) in [5.41, 5.74) is 2.02. The SMILES string of the molecule is Cc1csc([C@H]2CN(Cc3coc(-c4cccs4)n3)CCO2)n1. The van der Waals surface area contributed by atoms with E-state index in [9.17, 15) is 0 Å². The molecule has 0 unspecified atom stereocenters. The van der Waals surface area contributed by atoms with Crippen LogP contribution in [0.25, 0.3) is 10.8 Å². The Morgan fingerprint density at radius 2 is 2.30 bits per heavy atom. The lowest BCUT2D eigenvalue weighted by Gasteiger charge is -2.31. The summed E-state index contributed by atoms with van der Waals surface area (Å²) in [4.78, 5) is 12.6. The van der Waals surface area contributed by atoms with Crippen molar-refractivity contribution >= 4 is 22.7 Å². The fourth-order valence-electron chi connectivity index (χ4n) is 2.64. The van der Waals surface area contributed by atoms with Crippen molar-refractivity contribution in [2.24, 2.45) is 0 Å². The Morgan fingerprint density at radius 3 is 3.09 bits per heavy atom. The summed E-state index contributed by atoms with van der Waals surface area (Å²) in [7, 11) is 0. The van der Waals surface area contributed by atoms with Crippen LogP contribution in [-0.4, -0.2) is 34.6 Å². The van der Waals surface area contributed by atoms with Crippen molar-refractivity contribution in [3.05, 3.63) is 45.6 Å². The van der Waals surface area contributed by atoms with Gasteiger partial charge in [-0.1, -0.05) is 6.07 Å². The van der Waals surface area contributed by atoms with E-state index in [4.69, 9.17) is 9.15 Å². The van der Waals surface area contributed by atoms with Gasteiger partial charge in [0, 0.05) is 30.7 Å². The number of thiazole rings is 1. The van der Waals surface area contributed by atoms with Crippen LogP contribution < -0.4 is 0 Å². The predicted molar refractivity (Wildman–Crippen MR) is 90.6 cm³/mol. The first-order chi connectivity index (χ1) is 11.3. The zero-order valence-corrected chi connectivity index (χ0v) is 14.4. The van der Waals surface area contributed by atoms with E-state index in [1.54, 1.807) is 28.9 Å². The minimum Gasteiger partial charge on any atom is -0.444 e. The number of nitrogens with zero attached hydrogens (tertiary/aromatic N) is 3. The van der Waals surface area contributed by atoms with Gasteiger partial charge in [-0.05, 0) is 18.4 Å². The highest BCUT2D eigenvalue weighted by atomic mass is 32.1. The van der Waals surface area contributed by atoms with Gasteiger partial charge in [0.05, 0.1) is 17.2 Å². The molecule has 1 aliphatic heterocycles. The van der Waals surface area contributed by atoms with Gasteiger partial charge in [0.15, 0.2) is 0 Å². The van der Waals surface area contributed by atoms with Crippen molar-refractivity contribution in [3.63, 3.8) is 0 Å². The van der Waals surface area contributed by atoms with Crippen molar-refractivity contribution in [1.82, 2.24) is 14.9 Å². The van der Waals surface area contributed by atoms with E-state index in [2.05, 4.69) is 20.2 Å². The summed E-state index contributed by atoms with van der Waals surface area (Å²) in [5, 5.41) is 5.16. The minimum absolute atomic E-state index is 0.0612. The summed E-state index contributed by atoms with van der Waals surface area (Å²) >= 11 is 3.31. The molecule has 0 N–H and O–H groups in total. The maximum absolute atomic E-state index is 5.87. The molecule has 1 saturated heterocycles. The van der Waals surface area contributed by atoms with Crippen molar-refractivity contribution in [3.8, 4) is 10.8 Å². The number of aromatic nitrogens is 2. The van der Waals surface area contributed by atoms with Gasteiger partial charge < -0.3 is 9.15 Å².